The van der Waals surface area contributed by atoms with Crippen LogP contribution in [0.15, 0.2) is 48.6 Å². The molecule has 6 saturated carbocycles. The Morgan fingerprint density at radius 1 is 0.857 bits per heavy atom. The highest BCUT2D eigenvalue weighted by atomic mass is 16.1. The van der Waals surface area contributed by atoms with Gasteiger partial charge in [-0.25, -0.2) is 0 Å². The maximum absolute atomic E-state index is 12.6. The van der Waals surface area contributed by atoms with Gasteiger partial charge in [0.1, 0.15) is 6.29 Å². The molecule has 6 fully saturated rings. The zero-order chi connectivity index (χ0) is 28.2. The quantitative estimate of drug-likeness (QED) is 0.290. The highest BCUT2D eigenvalue weighted by Gasteiger charge is 2.74. The molecule has 14 unspecified atom stereocenters. The second-order valence-corrected chi connectivity index (χ2v) is 16.5. The Balaban J connectivity index is 0.982. The highest BCUT2D eigenvalue weighted by molar-refractivity contribution is 5.62. The van der Waals surface area contributed by atoms with E-state index in [4.69, 9.17) is 5.73 Å². The van der Waals surface area contributed by atoms with E-state index in [9.17, 15) is 4.79 Å². The van der Waals surface area contributed by atoms with Gasteiger partial charge in [0.15, 0.2) is 0 Å². The molecule has 0 aromatic heterocycles. The van der Waals surface area contributed by atoms with Crippen molar-refractivity contribution in [3.05, 3.63) is 54.1 Å². The van der Waals surface area contributed by atoms with E-state index in [1.165, 1.54) is 93.9 Å². The van der Waals surface area contributed by atoms with Crippen LogP contribution < -0.4 is 11.1 Å². The molecule has 42 heavy (non-hydrogen) atoms. The van der Waals surface area contributed by atoms with Crippen molar-refractivity contribution in [1.82, 2.24) is 0 Å². The van der Waals surface area contributed by atoms with Crippen LogP contribution >= 0.6 is 0 Å². The van der Waals surface area contributed by atoms with Crippen LogP contribution in [0.1, 0.15) is 82.6 Å². The summed E-state index contributed by atoms with van der Waals surface area (Å²) in [6.07, 6.45) is 23.9. The van der Waals surface area contributed by atoms with E-state index in [0.29, 0.717) is 35.6 Å². The third kappa shape index (κ3) is 3.70. The molecular weight excluding hydrogens is 512 g/mol. The van der Waals surface area contributed by atoms with E-state index in [-0.39, 0.29) is 11.5 Å². The minimum atomic E-state index is -0.318. The molecule has 224 valence electrons. The minimum absolute atomic E-state index is 0.00283. The van der Waals surface area contributed by atoms with Gasteiger partial charge < -0.3 is 15.8 Å². The Kier molecular flexibility index (Phi) is 6.20. The van der Waals surface area contributed by atoms with Gasteiger partial charge >= 0.3 is 0 Å². The molecule has 0 amide bonds. The number of carbonyl (C=O) groups is 1. The fraction of sp³-hybridized carbons (Fsp3) is 0.718. The van der Waals surface area contributed by atoms with Gasteiger partial charge in [-0.3, -0.25) is 0 Å². The van der Waals surface area contributed by atoms with E-state index < -0.39 is 0 Å². The maximum atomic E-state index is 12.6. The van der Waals surface area contributed by atoms with Gasteiger partial charge in [-0.05, 0) is 140 Å². The summed E-state index contributed by atoms with van der Waals surface area (Å²) in [5.41, 5.74) is 11.4. The van der Waals surface area contributed by atoms with Gasteiger partial charge in [0.2, 0.25) is 0 Å². The lowest BCUT2D eigenvalue weighted by Gasteiger charge is -2.39. The van der Waals surface area contributed by atoms with Crippen molar-refractivity contribution in [2.45, 2.75) is 95.6 Å². The summed E-state index contributed by atoms with van der Waals surface area (Å²) >= 11 is 0. The monoisotopic (exact) mass is 564 g/mol. The summed E-state index contributed by atoms with van der Waals surface area (Å²) in [5, 5.41) is 4.09. The number of carbonyl (C=O) groups excluding carboxylic acids is 1. The fourth-order valence-corrected chi connectivity index (χ4v) is 13.7. The first-order valence-corrected chi connectivity index (χ1v) is 18.0. The highest BCUT2D eigenvalue weighted by Crippen LogP contribution is 2.76. The topological polar surface area (TPSA) is 55.1 Å². The zero-order valence-corrected chi connectivity index (χ0v) is 25.5. The van der Waals surface area contributed by atoms with E-state index in [2.05, 4.69) is 48.3 Å². The first-order valence-electron chi connectivity index (χ1n) is 18.0. The van der Waals surface area contributed by atoms with Crippen molar-refractivity contribution < 1.29 is 4.79 Å². The lowest BCUT2D eigenvalue weighted by molar-refractivity contribution is -0.111. The third-order valence-corrected chi connectivity index (χ3v) is 15.3. The Morgan fingerprint density at radius 2 is 1.67 bits per heavy atom. The molecular formula is C39H52N2O. The fourth-order valence-electron chi connectivity index (χ4n) is 13.7. The van der Waals surface area contributed by atoms with E-state index in [1.54, 1.807) is 0 Å². The summed E-state index contributed by atoms with van der Waals surface area (Å²) < 4.78 is 0. The van der Waals surface area contributed by atoms with Crippen molar-refractivity contribution >= 4 is 12.0 Å². The second kappa shape index (κ2) is 9.82. The number of aldehydes is 1. The molecule has 1 aliphatic heterocycles. The molecule has 8 aliphatic rings. The molecule has 3 nitrogen and oxygen atoms in total. The lowest BCUT2D eigenvalue weighted by atomic mass is 9.66. The summed E-state index contributed by atoms with van der Waals surface area (Å²) in [6.45, 7) is 4.67. The van der Waals surface area contributed by atoms with Gasteiger partial charge in [-0.15, -0.1) is 0 Å². The molecule has 9 rings (SSSR count). The smallest absolute Gasteiger partial charge is 0.137 e. The molecule has 3 heteroatoms. The van der Waals surface area contributed by atoms with Crippen molar-refractivity contribution in [2.24, 2.45) is 82.2 Å². The van der Waals surface area contributed by atoms with E-state index >= 15 is 0 Å². The number of nitrogens with two attached hydrogens (primary N) is 1. The molecule has 0 saturated heterocycles. The summed E-state index contributed by atoms with van der Waals surface area (Å²) in [6, 6.07) is 9.36. The average Bonchev–Trinajstić information content (AvgIpc) is 3.48. The summed E-state index contributed by atoms with van der Waals surface area (Å²) in [4.78, 5) is 12.6. The number of fused-ring (bicyclic) bond motifs is 9. The van der Waals surface area contributed by atoms with Crippen LogP contribution in [0, 0.1) is 76.4 Å². The van der Waals surface area contributed by atoms with E-state index in [1.807, 2.05) is 0 Å². The number of nitrogens with one attached hydrogen (secondary N) is 1. The van der Waals surface area contributed by atoms with Crippen molar-refractivity contribution in [3.8, 4) is 0 Å². The number of hydrogen-bond acceptors (Lipinski definition) is 3. The standard InChI is InChI=1S/C39H52N2O/c1-22-10-15-34-37(32-19-26(18-30(22)32)23-6-2-3-7-23)39(34,36(40)21-42)28-13-14-29-27(16-28)20-33-31(29)17-25-12-11-24-8-4-5-9-35(24)41-38(25)33/h4-5,8-9,13-14,21,23,25-34,36-38,41H,1-3,6-7,10-12,15-20,40H2. The van der Waals surface area contributed by atoms with Crippen LogP contribution in [0.25, 0.3) is 0 Å². The molecule has 3 N–H and O–H groups in total. The zero-order valence-electron chi connectivity index (χ0n) is 25.5. The third-order valence-electron chi connectivity index (χ3n) is 15.3. The average molecular weight is 565 g/mol. The van der Waals surface area contributed by atoms with Gasteiger partial charge in [0.25, 0.3) is 0 Å². The molecule has 14 atom stereocenters. The van der Waals surface area contributed by atoms with Crippen LogP contribution in [-0.4, -0.2) is 18.4 Å². The molecule has 1 heterocycles. The van der Waals surface area contributed by atoms with Gasteiger partial charge in [-0.1, -0.05) is 68.2 Å². The first-order chi connectivity index (χ1) is 20.6. The number of para-hydroxylation sites is 1. The van der Waals surface area contributed by atoms with Crippen LogP contribution in [0.2, 0.25) is 0 Å². The Hall–Kier alpha value is -1.87. The molecule has 0 bridgehead atoms. The number of rotatable bonds is 4. The van der Waals surface area contributed by atoms with Crippen LogP contribution in [-0.2, 0) is 11.2 Å². The predicted octanol–water partition coefficient (Wildman–Crippen LogP) is 7.82. The van der Waals surface area contributed by atoms with Crippen LogP contribution in [0.5, 0.6) is 0 Å². The predicted molar refractivity (Wildman–Crippen MR) is 170 cm³/mol. The molecule has 0 radical (unpaired) electrons. The van der Waals surface area contributed by atoms with Crippen molar-refractivity contribution in [3.63, 3.8) is 0 Å². The first kappa shape index (κ1) is 26.5. The summed E-state index contributed by atoms with van der Waals surface area (Å²) in [5.74, 6) is 8.86. The van der Waals surface area contributed by atoms with Gasteiger partial charge in [-0.2, -0.15) is 0 Å². The number of aryl methyl sites for hydroxylation is 1. The number of hydrogen-bond donors (Lipinski definition) is 2. The minimum Gasteiger partial charge on any atom is -0.382 e. The Labute approximate surface area is 253 Å². The summed E-state index contributed by atoms with van der Waals surface area (Å²) in [7, 11) is 0. The van der Waals surface area contributed by atoms with E-state index in [0.717, 1.165) is 54.1 Å². The number of benzene rings is 1. The SMILES string of the molecule is C=C1CCC2C(C3CC(C4CCCC4)CC13)C2(C(N)C=O)C1C=CC2C(CC3C2CC2CCc4ccccc4NC23)C1. The Bertz CT molecular complexity index is 1280. The number of allylic oxidation sites excluding steroid dienone is 3. The molecule has 1 aromatic rings. The maximum Gasteiger partial charge on any atom is 0.137 e. The normalized spacial score (nSPS) is 49.4. The molecule has 7 aliphatic carbocycles. The van der Waals surface area contributed by atoms with Gasteiger partial charge in [0.05, 0.1) is 6.04 Å². The molecule has 0 spiro atoms. The largest absolute Gasteiger partial charge is 0.382 e. The van der Waals surface area contributed by atoms with Crippen LogP contribution in [0.3, 0.4) is 0 Å². The Morgan fingerprint density at radius 3 is 2.52 bits per heavy atom. The lowest BCUT2D eigenvalue weighted by Crippen LogP contribution is -2.43. The van der Waals surface area contributed by atoms with Crippen molar-refractivity contribution in [1.29, 1.82) is 0 Å². The molecule has 1 aromatic carbocycles. The second-order valence-electron chi connectivity index (χ2n) is 16.5. The number of anilines is 1. The van der Waals surface area contributed by atoms with Gasteiger partial charge in [0, 0.05) is 17.1 Å². The van der Waals surface area contributed by atoms with Crippen molar-refractivity contribution in [2.75, 3.05) is 5.32 Å². The van der Waals surface area contributed by atoms with Crippen LogP contribution in [0.4, 0.5) is 5.69 Å².